The van der Waals surface area contributed by atoms with Crippen LogP contribution in [-0.2, 0) is 6.61 Å². The lowest BCUT2D eigenvalue weighted by Gasteiger charge is -2.11. The molecule has 3 nitrogen and oxygen atoms in total. The van der Waals surface area contributed by atoms with Gasteiger partial charge in [-0.25, -0.2) is 9.18 Å². The van der Waals surface area contributed by atoms with Crippen LogP contribution >= 0.6 is 0 Å². The molecule has 0 unspecified atom stereocenters. The van der Waals surface area contributed by atoms with Gasteiger partial charge in [0.2, 0.25) is 0 Å². The lowest BCUT2D eigenvalue weighted by Crippen LogP contribution is -2.02. The molecule has 0 spiro atoms. The average molecular weight is 336 g/mol. The summed E-state index contributed by atoms with van der Waals surface area (Å²) in [6.07, 6.45) is 0. The van der Waals surface area contributed by atoms with Crippen LogP contribution in [0.15, 0.2) is 66.7 Å². The van der Waals surface area contributed by atoms with Crippen LogP contribution in [0, 0.1) is 12.7 Å². The molecule has 0 saturated heterocycles. The summed E-state index contributed by atoms with van der Waals surface area (Å²) in [4.78, 5) is 11.0. The number of hydrogen-bond donors (Lipinski definition) is 1. The van der Waals surface area contributed by atoms with Crippen LogP contribution in [0.25, 0.3) is 11.1 Å². The molecule has 0 amide bonds. The number of rotatable bonds is 5. The molecule has 0 aromatic heterocycles. The van der Waals surface area contributed by atoms with Crippen molar-refractivity contribution in [1.82, 2.24) is 0 Å². The van der Waals surface area contributed by atoms with E-state index in [0.717, 1.165) is 11.1 Å². The zero-order valence-electron chi connectivity index (χ0n) is 13.7. The van der Waals surface area contributed by atoms with Crippen molar-refractivity contribution in [2.24, 2.45) is 0 Å². The summed E-state index contributed by atoms with van der Waals surface area (Å²) in [6.45, 7) is 2.20. The number of hydrogen-bond acceptors (Lipinski definition) is 2. The summed E-state index contributed by atoms with van der Waals surface area (Å²) < 4.78 is 19.8. The molecule has 0 heterocycles. The van der Waals surface area contributed by atoms with Gasteiger partial charge in [-0.3, -0.25) is 0 Å². The van der Waals surface area contributed by atoms with Gasteiger partial charge in [0.05, 0.1) is 5.56 Å². The summed E-state index contributed by atoms with van der Waals surface area (Å²) in [5, 5.41) is 9.01. The number of benzene rings is 3. The number of aromatic carboxylic acids is 1. The monoisotopic (exact) mass is 336 g/mol. The normalized spacial score (nSPS) is 10.5. The van der Waals surface area contributed by atoms with E-state index in [1.807, 2.05) is 54.6 Å². The van der Waals surface area contributed by atoms with Crippen molar-refractivity contribution in [3.05, 3.63) is 89.2 Å². The highest BCUT2D eigenvalue weighted by Gasteiger charge is 2.14. The topological polar surface area (TPSA) is 46.5 Å². The largest absolute Gasteiger partial charge is 0.489 e. The number of aryl methyl sites for hydroxylation is 1. The molecular weight excluding hydrogens is 319 g/mol. The Balaban J connectivity index is 1.86. The van der Waals surface area contributed by atoms with E-state index >= 15 is 0 Å². The molecule has 0 aliphatic carbocycles. The van der Waals surface area contributed by atoms with Crippen molar-refractivity contribution in [2.75, 3.05) is 0 Å². The molecule has 0 bridgehead atoms. The number of carbonyl (C=O) groups is 1. The number of carboxylic acids is 1. The van der Waals surface area contributed by atoms with Gasteiger partial charge >= 0.3 is 5.97 Å². The van der Waals surface area contributed by atoms with Crippen LogP contribution in [0.2, 0.25) is 0 Å². The fourth-order valence-corrected chi connectivity index (χ4v) is 2.65. The second kappa shape index (κ2) is 7.18. The van der Waals surface area contributed by atoms with Crippen LogP contribution in [0.4, 0.5) is 4.39 Å². The van der Waals surface area contributed by atoms with Gasteiger partial charge in [-0.1, -0.05) is 42.5 Å². The van der Waals surface area contributed by atoms with E-state index in [9.17, 15) is 9.18 Å². The molecule has 4 heteroatoms. The molecule has 126 valence electrons. The van der Waals surface area contributed by atoms with Gasteiger partial charge in [-0.05, 0) is 53.4 Å². The third-order valence-corrected chi connectivity index (χ3v) is 3.94. The molecule has 0 aliphatic rings. The molecule has 0 fully saturated rings. The molecule has 3 aromatic carbocycles. The quantitative estimate of drug-likeness (QED) is 0.707. The minimum Gasteiger partial charge on any atom is -0.489 e. The Hall–Kier alpha value is -3.14. The van der Waals surface area contributed by atoms with E-state index in [4.69, 9.17) is 9.84 Å². The third kappa shape index (κ3) is 3.86. The molecule has 3 rings (SSSR count). The fraction of sp³-hybridized carbons (Fsp3) is 0.0952. The average Bonchev–Trinajstić information content (AvgIpc) is 2.62. The smallest absolute Gasteiger partial charge is 0.338 e. The van der Waals surface area contributed by atoms with E-state index in [-0.39, 0.29) is 5.56 Å². The number of halogens is 1. The predicted molar refractivity (Wildman–Crippen MR) is 94.3 cm³/mol. The lowest BCUT2D eigenvalue weighted by atomic mass is 9.98. The summed E-state index contributed by atoms with van der Waals surface area (Å²) in [6, 6.07) is 19.8. The minimum atomic E-state index is -1.27. The highest BCUT2D eigenvalue weighted by Crippen LogP contribution is 2.29. The molecular formula is C21H17FO3. The maximum Gasteiger partial charge on any atom is 0.338 e. The van der Waals surface area contributed by atoms with E-state index in [1.54, 1.807) is 6.92 Å². The Morgan fingerprint density at radius 1 is 1.04 bits per heavy atom. The maximum atomic E-state index is 14.0. The van der Waals surface area contributed by atoms with Gasteiger partial charge in [0, 0.05) is 0 Å². The molecule has 0 atom stereocenters. The van der Waals surface area contributed by atoms with Crippen LogP contribution < -0.4 is 4.74 Å². The van der Waals surface area contributed by atoms with E-state index in [2.05, 4.69) is 0 Å². The van der Waals surface area contributed by atoms with Crippen molar-refractivity contribution < 1.29 is 19.0 Å². The molecule has 1 N–H and O–H groups in total. The Morgan fingerprint density at radius 3 is 2.52 bits per heavy atom. The van der Waals surface area contributed by atoms with Crippen molar-refractivity contribution in [3.63, 3.8) is 0 Å². The zero-order valence-corrected chi connectivity index (χ0v) is 13.7. The van der Waals surface area contributed by atoms with Gasteiger partial charge in [0.25, 0.3) is 0 Å². The Kier molecular flexibility index (Phi) is 4.80. The minimum absolute atomic E-state index is 0.322. The number of carboxylic acid groups (broad SMARTS) is 1. The number of ether oxygens (including phenoxy) is 1. The lowest BCUT2D eigenvalue weighted by molar-refractivity contribution is 0.0692. The Bertz CT molecular complexity index is 904. The van der Waals surface area contributed by atoms with Crippen LogP contribution in [0.1, 0.15) is 21.5 Å². The van der Waals surface area contributed by atoms with Gasteiger partial charge in [-0.2, -0.15) is 0 Å². The first-order valence-electron chi connectivity index (χ1n) is 7.85. The van der Waals surface area contributed by atoms with Crippen molar-refractivity contribution in [1.29, 1.82) is 0 Å². The van der Waals surface area contributed by atoms with Crippen molar-refractivity contribution in [3.8, 4) is 16.9 Å². The molecule has 0 radical (unpaired) electrons. The molecule has 25 heavy (non-hydrogen) atoms. The highest BCUT2D eigenvalue weighted by atomic mass is 19.1. The summed E-state index contributed by atoms with van der Waals surface area (Å²) in [5.74, 6) is -1.35. The first-order chi connectivity index (χ1) is 12.0. The maximum absolute atomic E-state index is 14.0. The third-order valence-electron chi connectivity index (χ3n) is 3.94. The fourth-order valence-electron chi connectivity index (χ4n) is 2.65. The first-order valence-corrected chi connectivity index (χ1v) is 7.85. The second-order valence-electron chi connectivity index (χ2n) is 5.75. The Labute approximate surface area is 145 Å². The van der Waals surface area contributed by atoms with E-state index < -0.39 is 11.8 Å². The molecule has 0 aliphatic heterocycles. The van der Waals surface area contributed by atoms with Crippen LogP contribution in [0.5, 0.6) is 5.75 Å². The molecule has 0 saturated carbocycles. The summed E-state index contributed by atoms with van der Waals surface area (Å²) in [5.41, 5.74) is 2.85. The van der Waals surface area contributed by atoms with Gasteiger partial charge in [0.1, 0.15) is 18.2 Å². The standard InChI is InChI=1S/C21H17FO3/c1-14-10-19(21(23)24)20(22)12-18(14)16-8-5-9-17(11-16)25-13-15-6-3-2-4-7-15/h2-12H,13H2,1H3,(H,23,24). The highest BCUT2D eigenvalue weighted by molar-refractivity contribution is 5.89. The van der Waals surface area contributed by atoms with Crippen LogP contribution in [0.3, 0.4) is 0 Å². The summed E-state index contributed by atoms with van der Waals surface area (Å²) in [7, 11) is 0. The van der Waals surface area contributed by atoms with Crippen molar-refractivity contribution in [2.45, 2.75) is 13.5 Å². The van der Waals surface area contributed by atoms with Gasteiger partial charge in [-0.15, -0.1) is 0 Å². The Morgan fingerprint density at radius 2 is 1.80 bits per heavy atom. The predicted octanol–water partition coefficient (Wildman–Crippen LogP) is 5.08. The van der Waals surface area contributed by atoms with Gasteiger partial charge in [0.15, 0.2) is 0 Å². The van der Waals surface area contributed by atoms with E-state index in [1.165, 1.54) is 12.1 Å². The van der Waals surface area contributed by atoms with E-state index in [0.29, 0.717) is 23.5 Å². The molecule has 3 aromatic rings. The SMILES string of the molecule is Cc1cc(C(=O)O)c(F)cc1-c1cccc(OCc2ccccc2)c1. The first kappa shape index (κ1) is 16.7. The van der Waals surface area contributed by atoms with Gasteiger partial charge < -0.3 is 9.84 Å². The van der Waals surface area contributed by atoms with Crippen LogP contribution in [-0.4, -0.2) is 11.1 Å². The van der Waals surface area contributed by atoms with Crippen molar-refractivity contribution >= 4 is 5.97 Å². The summed E-state index contributed by atoms with van der Waals surface area (Å²) >= 11 is 0. The zero-order chi connectivity index (χ0) is 17.8. The second-order valence-corrected chi connectivity index (χ2v) is 5.75.